The third-order valence-corrected chi connectivity index (χ3v) is 5.99. The molecule has 0 amide bonds. The third kappa shape index (κ3) is 5.05. The molecule has 1 aromatic heterocycles. The number of pyridine rings is 1. The standard InChI is InChI=1S/C26H19Cl2FN2O2/c1-15-4-2-5-19(27)18(15)14-30-24(26(32)33)13-16-8-10-22-17(12-16)9-11-23(31-22)25-20(28)6-3-7-21(25)29/h2-12,14,24H,13H2,1H3,(H,32,33)/t24-/m0/s1. The lowest BCUT2D eigenvalue weighted by atomic mass is 10.0. The van der Waals surface area contributed by atoms with Crippen LogP contribution in [0.1, 0.15) is 16.7 Å². The molecular formula is C26H19Cl2FN2O2. The molecule has 0 aliphatic carbocycles. The van der Waals surface area contributed by atoms with E-state index in [1.165, 1.54) is 12.3 Å². The van der Waals surface area contributed by atoms with Gasteiger partial charge in [0, 0.05) is 28.6 Å². The lowest BCUT2D eigenvalue weighted by Crippen LogP contribution is -2.21. The van der Waals surface area contributed by atoms with E-state index in [4.69, 9.17) is 23.2 Å². The number of aromatic nitrogens is 1. The Balaban J connectivity index is 1.61. The molecule has 3 aromatic carbocycles. The van der Waals surface area contributed by atoms with Crippen molar-refractivity contribution in [2.75, 3.05) is 0 Å². The van der Waals surface area contributed by atoms with Gasteiger partial charge in [0.05, 0.1) is 21.8 Å². The zero-order chi connectivity index (χ0) is 23.5. The normalized spacial score (nSPS) is 12.4. The zero-order valence-corrected chi connectivity index (χ0v) is 19.1. The lowest BCUT2D eigenvalue weighted by molar-refractivity contribution is -0.138. The van der Waals surface area contributed by atoms with E-state index in [0.29, 0.717) is 21.8 Å². The Morgan fingerprint density at radius 2 is 1.85 bits per heavy atom. The molecule has 1 N–H and O–H groups in total. The van der Waals surface area contributed by atoms with Gasteiger partial charge in [-0.2, -0.15) is 0 Å². The molecule has 0 saturated carbocycles. The quantitative estimate of drug-likeness (QED) is 0.309. The fourth-order valence-corrected chi connectivity index (χ4v) is 4.11. The first kappa shape index (κ1) is 22.9. The second-order valence-electron chi connectivity index (χ2n) is 7.63. The Bertz CT molecular complexity index is 1350. The van der Waals surface area contributed by atoms with Crippen LogP contribution in [0.3, 0.4) is 0 Å². The van der Waals surface area contributed by atoms with Crippen LogP contribution in [-0.2, 0) is 11.2 Å². The van der Waals surface area contributed by atoms with Gasteiger partial charge in [0.25, 0.3) is 0 Å². The summed E-state index contributed by atoms with van der Waals surface area (Å²) in [5.74, 6) is -1.47. The average molecular weight is 481 g/mol. The summed E-state index contributed by atoms with van der Waals surface area (Å²) in [6.45, 7) is 1.89. The molecule has 0 radical (unpaired) electrons. The predicted molar refractivity (Wildman–Crippen MR) is 131 cm³/mol. The topological polar surface area (TPSA) is 62.5 Å². The monoisotopic (exact) mass is 480 g/mol. The van der Waals surface area contributed by atoms with Crippen LogP contribution >= 0.6 is 23.2 Å². The van der Waals surface area contributed by atoms with E-state index >= 15 is 0 Å². The van der Waals surface area contributed by atoms with E-state index in [0.717, 1.165) is 16.5 Å². The van der Waals surface area contributed by atoms with Crippen molar-refractivity contribution in [1.29, 1.82) is 0 Å². The van der Waals surface area contributed by atoms with Crippen LogP contribution in [0.15, 0.2) is 71.7 Å². The molecule has 4 aromatic rings. The molecule has 0 unspecified atom stereocenters. The number of carboxylic acids is 1. The molecule has 0 aliphatic rings. The SMILES string of the molecule is Cc1cccc(Cl)c1C=N[C@@H](Cc1ccc2nc(-c3c(F)cccc3Cl)ccc2c1)C(=O)O. The van der Waals surface area contributed by atoms with Crippen molar-refractivity contribution in [3.8, 4) is 11.3 Å². The predicted octanol–water partition coefficient (Wildman–Crippen LogP) is 6.77. The molecular weight excluding hydrogens is 462 g/mol. The Hall–Kier alpha value is -3.28. The smallest absolute Gasteiger partial charge is 0.328 e. The zero-order valence-electron chi connectivity index (χ0n) is 17.6. The highest BCUT2D eigenvalue weighted by Crippen LogP contribution is 2.30. The van der Waals surface area contributed by atoms with Gasteiger partial charge in [0.15, 0.2) is 6.04 Å². The van der Waals surface area contributed by atoms with E-state index in [2.05, 4.69) is 9.98 Å². The van der Waals surface area contributed by atoms with Crippen molar-refractivity contribution < 1.29 is 14.3 Å². The summed E-state index contributed by atoms with van der Waals surface area (Å²) in [6, 6.07) is 18.0. The van der Waals surface area contributed by atoms with E-state index in [1.807, 2.05) is 31.2 Å². The van der Waals surface area contributed by atoms with Gasteiger partial charge in [-0.3, -0.25) is 4.99 Å². The van der Waals surface area contributed by atoms with E-state index in [9.17, 15) is 14.3 Å². The van der Waals surface area contributed by atoms with Crippen LogP contribution in [0.4, 0.5) is 4.39 Å². The second-order valence-corrected chi connectivity index (χ2v) is 8.44. The molecule has 1 atom stereocenters. The number of rotatable bonds is 6. The summed E-state index contributed by atoms with van der Waals surface area (Å²) in [4.78, 5) is 20.6. The van der Waals surface area contributed by atoms with Gasteiger partial charge in [-0.05, 0) is 54.4 Å². The Labute approximate surface area is 200 Å². The molecule has 0 spiro atoms. The van der Waals surface area contributed by atoms with Gasteiger partial charge in [0.1, 0.15) is 5.82 Å². The van der Waals surface area contributed by atoms with Crippen LogP contribution in [0.25, 0.3) is 22.2 Å². The number of hydrogen-bond donors (Lipinski definition) is 1. The van der Waals surface area contributed by atoms with E-state index < -0.39 is 17.8 Å². The molecule has 0 fully saturated rings. The average Bonchev–Trinajstić information content (AvgIpc) is 2.77. The molecule has 33 heavy (non-hydrogen) atoms. The number of aryl methyl sites for hydroxylation is 1. The summed E-state index contributed by atoms with van der Waals surface area (Å²) in [5.41, 5.74) is 3.74. The maximum Gasteiger partial charge on any atom is 0.328 e. The molecule has 0 aliphatic heterocycles. The van der Waals surface area contributed by atoms with Crippen LogP contribution in [0, 0.1) is 12.7 Å². The minimum atomic E-state index is -1.03. The van der Waals surface area contributed by atoms with Gasteiger partial charge in [-0.15, -0.1) is 0 Å². The summed E-state index contributed by atoms with van der Waals surface area (Å²) in [6.07, 6.45) is 1.72. The number of hydrogen-bond acceptors (Lipinski definition) is 3. The fraction of sp³-hybridized carbons (Fsp3) is 0.115. The van der Waals surface area contributed by atoms with Crippen LogP contribution in [0.5, 0.6) is 0 Å². The Morgan fingerprint density at radius 3 is 2.58 bits per heavy atom. The molecule has 4 rings (SSSR count). The second kappa shape index (κ2) is 9.69. The van der Waals surface area contributed by atoms with Gasteiger partial charge >= 0.3 is 5.97 Å². The number of aliphatic imine (C=N–C) groups is 1. The summed E-state index contributed by atoms with van der Waals surface area (Å²) in [7, 11) is 0. The molecule has 4 nitrogen and oxygen atoms in total. The highest BCUT2D eigenvalue weighted by molar-refractivity contribution is 6.33. The van der Waals surface area contributed by atoms with Crippen LogP contribution < -0.4 is 0 Å². The third-order valence-electron chi connectivity index (χ3n) is 5.34. The number of fused-ring (bicyclic) bond motifs is 1. The van der Waals surface area contributed by atoms with Crippen molar-refractivity contribution in [2.45, 2.75) is 19.4 Å². The highest BCUT2D eigenvalue weighted by Gasteiger charge is 2.17. The maximum absolute atomic E-state index is 14.3. The van der Waals surface area contributed by atoms with Gasteiger partial charge in [0.2, 0.25) is 0 Å². The lowest BCUT2D eigenvalue weighted by Gasteiger charge is -2.11. The minimum absolute atomic E-state index is 0.201. The first-order valence-corrected chi connectivity index (χ1v) is 10.9. The van der Waals surface area contributed by atoms with Gasteiger partial charge < -0.3 is 5.11 Å². The summed E-state index contributed by atoms with van der Waals surface area (Å²) >= 11 is 12.4. The summed E-state index contributed by atoms with van der Waals surface area (Å²) in [5, 5.41) is 11.3. The highest BCUT2D eigenvalue weighted by atomic mass is 35.5. The number of halogens is 3. The summed E-state index contributed by atoms with van der Waals surface area (Å²) < 4.78 is 14.3. The van der Waals surface area contributed by atoms with E-state index in [-0.39, 0.29) is 17.0 Å². The van der Waals surface area contributed by atoms with Crippen molar-refractivity contribution >= 4 is 46.3 Å². The number of nitrogens with zero attached hydrogens (tertiary/aromatic N) is 2. The Kier molecular flexibility index (Phi) is 6.72. The van der Waals surface area contributed by atoms with Crippen molar-refractivity contribution in [2.24, 2.45) is 4.99 Å². The van der Waals surface area contributed by atoms with Gasteiger partial charge in [-0.25, -0.2) is 14.2 Å². The van der Waals surface area contributed by atoms with Crippen LogP contribution in [0.2, 0.25) is 10.0 Å². The molecule has 1 heterocycles. The molecule has 0 saturated heterocycles. The number of benzene rings is 3. The molecule has 0 bridgehead atoms. The van der Waals surface area contributed by atoms with Gasteiger partial charge in [-0.1, -0.05) is 53.5 Å². The van der Waals surface area contributed by atoms with Crippen molar-refractivity contribution in [1.82, 2.24) is 4.98 Å². The largest absolute Gasteiger partial charge is 0.480 e. The van der Waals surface area contributed by atoms with Crippen molar-refractivity contribution in [3.05, 3.63) is 99.3 Å². The minimum Gasteiger partial charge on any atom is -0.480 e. The first-order chi connectivity index (χ1) is 15.8. The van der Waals surface area contributed by atoms with E-state index in [1.54, 1.807) is 36.4 Å². The fourth-order valence-electron chi connectivity index (χ4n) is 3.58. The number of carbonyl (C=O) groups is 1. The number of carboxylic acid groups (broad SMARTS) is 1. The van der Waals surface area contributed by atoms with Crippen LogP contribution in [-0.4, -0.2) is 28.3 Å². The molecule has 7 heteroatoms. The van der Waals surface area contributed by atoms with Crippen molar-refractivity contribution in [3.63, 3.8) is 0 Å². The number of aliphatic carboxylic acids is 1. The maximum atomic E-state index is 14.3. The first-order valence-electron chi connectivity index (χ1n) is 10.2. The molecule has 166 valence electrons. The Morgan fingerprint density at radius 1 is 1.09 bits per heavy atom.